The van der Waals surface area contributed by atoms with Gasteiger partial charge in [-0.25, -0.2) is 0 Å². The van der Waals surface area contributed by atoms with Crippen LogP contribution in [0.2, 0.25) is 10.0 Å². The average molecular weight is 327 g/mol. The molecule has 0 bridgehead atoms. The minimum atomic E-state index is 0.0580. The fourth-order valence-electron chi connectivity index (χ4n) is 3.10. The quantitative estimate of drug-likeness (QED) is 0.892. The standard InChI is InChI=1S/C16H20Cl2N2O/c17-14-3-1-2-11(15(14)18)12-8-13(12)16(21)20-9-10-4-6-19-7-5-10/h1-3,10,12-13,19H,4-9H2,(H,20,21)/t12-,13-/m0/s1. The van der Waals surface area contributed by atoms with E-state index in [9.17, 15) is 4.79 Å². The second kappa shape index (κ2) is 6.55. The van der Waals surface area contributed by atoms with Gasteiger partial charge in [0.05, 0.1) is 10.0 Å². The molecule has 1 amide bonds. The maximum atomic E-state index is 12.2. The van der Waals surface area contributed by atoms with E-state index >= 15 is 0 Å². The lowest BCUT2D eigenvalue weighted by molar-refractivity contribution is -0.122. The van der Waals surface area contributed by atoms with Gasteiger partial charge in [-0.15, -0.1) is 0 Å². The molecule has 0 radical (unpaired) electrons. The predicted octanol–water partition coefficient (Wildman–Crippen LogP) is 3.21. The van der Waals surface area contributed by atoms with E-state index in [2.05, 4.69) is 10.6 Å². The number of benzene rings is 1. The molecule has 5 heteroatoms. The summed E-state index contributed by atoms with van der Waals surface area (Å²) in [6.45, 7) is 2.92. The van der Waals surface area contributed by atoms with Crippen LogP contribution >= 0.6 is 23.2 Å². The molecular formula is C16H20Cl2N2O. The molecule has 1 aliphatic carbocycles. The fourth-order valence-corrected chi connectivity index (χ4v) is 3.55. The van der Waals surface area contributed by atoms with Crippen molar-refractivity contribution in [1.29, 1.82) is 0 Å². The number of hydrogen-bond donors (Lipinski definition) is 2. The largest absolute Gasteiger partial charge is 0.356 e. The molecule has 1 heterocycles. The van der Waals surface area contributed by atoms with Gasteiger partial charge < -0.3 is 10.6 Å². The van der Waals surface area contributed by atoms with Crippen LogP contribution in [0.15, 0.2) is 18.2 Å². The highest BCUT2D eigenvalue weighted by Gasteiger charge is 2.45. The van der Waals surface area contributed by atoms with Crippen LogP contribution in [0.25, 0.3) is 0 Å². The Labute approximate surface area is 135 Å². The van der Waals surface area contributed by atoms with E-state index in [-0.39, 0.29) is 17.7 Å². The topological polar surface area (TPSA) is 41.1 Å². The molecule has 1 aliphatic heterocycles. The van der Waals surface area contributed by atoms with E-state index in [1.807, 2.05) is 12.1 Å². The summed E-state index contributed by atoms with van der Waals surface area (Å²) in [5, 5.41) is 7.60. The summed E-state index contributed by atoms with van der Waals surface area (Å²) in [4.78, 5) is 12.2. The van der Waals surface area contributed by atoms with Crippen molar-refractivity contribution in [2.45, 2.75) is 25.2 Å². The third-order valence-electron chi connectivity index (χ3n) is 4.53. The Balaban J connectivity index is 1.52. The molecule has 1 aromatic carbocycles. The molecule has 1 aromatic rings. The van der Waals surface area contributed by atoms with Gasteiger partial charge in [0, 0.05) is 12.5 Å². The Kier molecular flexibility index (Phi) is 4.72. The zero-order valence-corrected chi connectivity index (χ0v) is 13.4. The molecule has 21 heavy (non-hydrogen) atoms. The van der Waals surface area contributed by atoms with Gasteiger partial charge in [-0.05, 0) is 55.8 Å². The van der Waals surface area contributed by atoms with Crippen LogP contribution in [0.1, 0.15) is 30.7 Å². The van der Waals surface area contributed by atoms with Gasteiger partial charge in [0.25, 0.3) is 0 Å². The lowest BCUT2D eigenvalue weighted by Crippen LogP contribution is -2.36. The van der Waals surface area contributed by atoms with Crippen molar-refractivity contribution >= 4 is 29.1 Å². The highest BCUT2D eigenvalue weighted by atomic mass is 35.5. The summed E-state index contributed by atoms with van der Waals surface area (Å²) in [7, 11) is 0. The first-order valence-electron chi connectivity index (χ1n) is 7.59. The minimum Gasteiger partial charge on any atom is -0.356 e. The molecule has 2 N–H and O–H groups in total. The average Bonchev–Trinajstić information content (AvgIpc) is 3.29. The normalized spacial score (nSPS) is 25.6. The second-order valence-corrected chi connectivity index (χ2v) is 6.82. The number of amides is 1. The highest BCUT2D eigenvalue weighted by Crippen LogP contribution is 2.50. The van der Waals surface area contributed by atoms with Gasteiger partial charge >= 0.3 is 0 Å². The summed E-state index contributed by atoms with van der Waals surface area (Å²) in [5.74, 6) is 1.06. The number of hydrogen-bond acceptors (Lipinski definition) is 2. The molecular weight excluding hydrogens is 307 g/mol. The van der Waals surface area contributed by atoms with Gasteiger partial charge in [0.15, 0.2) is 0 Å². The monoisotopic (exact) mass is 326 g/mol. The van der Waals surface area contributed by atoms with Crippen LogP contribution in [0, 0.1) is 11.8 Å². The molecule has 0 unspecified atom stereocenters. The number of rotatable bonds is 4. The molecule has 3 rings (SSSR count). The second-order valence-electron chi connectivity index (χ2n) is 6.03. The van der Waals surface area contributed by atoms with Crippen LogP contribution in [0.5, 0.6) is 0 Å². The van der Waals surface area contributed by atoms with Crippen molar-refractivity contribution in [3.8, 4) is 0 Å². The maximum Gasteiger partial charge on any atom is 0.223 e. The number of carbonyl (C=O) groups excluding carboxylic acids is 1. The first-order chi connectivity index (χ1) is 10.2. The molecule has 1 saturated carbocycles. The van der Waals surface area contributed by atoms with Gasteiger partial charge in [0.2, 0.25) is 5.91 Å². The molecule has 2 aliphatic rings. The molecule has 0 spiro atoms. The Morgan fingerprint density at radius 1 is 1.29 bits per heavy atom. The van der Waals surface area contributed by atoms with Crippen molar-refractivity contribution in [3.63, 3.8) is 0 Å². The Hall–Kier alpha value is -0.770. The Morgan fingerprint density at radius 3 is 2.81 bits per heavy atom. The smallest absolute Gasteiger partial charge is 0.223 e. The SMILES string of the molecule is O=C(NCC1CCNCC1)[C@H]1C[C@H]1c1cccc(Cl)c1Cl. The van der Waals surface area contributed by atoms with E-state index in [0.29, 0.717) is 16.0 Å². The Bertz CT molecular complexity index is 529. The van der Waals surface area contributed by atoms with Crippen LogP contribution in [0.4, 0.5) is 0 Å². The van der Waals surface area contributed by atoms with Gasteiger partial charge in [-0.1, -0.05) is 35.3 Å². The zero-order valence-electron chi connectivity index (χ0n) is 11.9. The summed E-state index contributed by atoms with van der Waals surface area (Å²) in [6.07, 6.45) is 3.17. The predicted molar refractivity (Wildman–Crippen MR) is 85.9 cm³/mol. The summed E-state index contributed by atoms with van der Waals surface area (Å²) < 4.78 is 0. The molecule has 114 valence electrons. The van der Waals surface area contributed by atoms with Crippen molar-refractivity contribution in [1.82, 2.24) is 10.6 Å². The summed E-state index contributed by atoms with van der Waals surface area (Å²) in [6, 6.07) is 5.65. The van der Waals surface area contributed by atoms with Gasteiger partial charge in [-0.3, -0.25) is 4.79 Å². The lowest BCUT2D eigenvalue weighted by Gasteiger charge is -2.22. The molecule has 2 atom stereocenters. The van der Waals surface area contributed by atoms with Crippen molar-refractivity contribution in [2.24, 2.45) is 11.8 Å². The van der Waals surface area contributed by atoms with Crippen LogP contribution < -0.4 is 10.6 Å². The van der Waals surface area contributed by atoms with Gasteiger partial charge in [-0.2, -0.15) is 0 Å². The zero-order chi connectivity index (χ0) is 14.8. The maximum absolute atomic E-state index is 12.2. The van der Waals surface area contributed by atoms with Crippen molar-refractivity contribution < 1.29 is 4.79 Å². The number of halogens is 2. The third kappa shape index (κ3) is 3.53. The lowest BCUT2D eigenvalue weighted by atomic mass is 9.98. The number of carbonyl (C=O) groups is 1. The van der Waals surface area contributed by atoms with Crippen LogP contribution in [0.3, 0.4) is 0 Å². The van der Waals surface area contributed by atoms with Crippen LogP contribution in [-0.4, -0.2) is 25.5 Å². The summed E-state index contributed by atoms with van der Waals surface area (Å²) in [5.41, 5.74) is 1.01. The van der Waals surface area contributed by atoms with E-state index in [0.717, 1.165) is 44.5 Å². The number of piperidine rings is 1. The van der Waals surface area contributed by atoms with E-state index in [1.54, 1.807) is 6.07 Å². The molecule has 3 nitrogen and oxygen atoms in total. The van der Waals surface area contributed by atoms with E-state index < -0.39 is 0 Å². The van der Waals surface area contributed by atoms with Crippen LogP contribution in [-0.2, 0) is 4.79 Å². The van der Waals surface area contributed by atoms with E-state index in [4.69, 9.17) is 23.2 Å². The van der Waals surface area contributed by atoms with Crippen molar-refractivity contribution in [3.05, 3.63) is 33.8 Å². The van der Waals surface area contributed by atoms with Crippen molar-refractivity contribution in [2.75, 3.05) is 19.6 Å². The van der Waals surface area contributed by atoms with E-state index in [1.165, 1.54) is 0 Å². The molecule has 0 aromatic heterocycles. The first kappa shape index (κ1) is 15.1. The Morgan fingerprint density at radius 2 is 2.05 bits per heavy atom. The molecule has 1 saturated heterocycles. The number of nitrogens with one attached hydrogen (secondary N) is 2. The minimum absolute atomic E-state index is 0.0580. The van der Waals surface area contributed by atoms with Gasteiger partial charge in [0.1, 0.15) is 0 Å². The highest BCUT2D eigenvalue weighted by molar-refractivity contribution is 6.42. The third-order valence-corrected chi connectivity index (χ3v) is 5.37. The molecule has 2 fully saturated rings. The summed E-state index contributed by atoms with van der Waals surface area (Å²) >= 11 is 12.3. The first-order valence-corrected chi connectivity index (χ1v) is 8.34. The fraction of sp³-hybridized carbons (Fsp3) is 0.562.